The topological polar surface area (TPSA) is 192 Å². The van der Waals surface area contributed by atoms with Gasteiger partial charge in [-0.1, -0.05) is 0 Å². The summed E-state index contributed by atoms with van der Waals surface area (Å²) in [6, 6.07) is 0. The van der Waals surface area contributed by atoms with Crippen molar-refractivity contribution in [3.05, 3.63) is 0 Å². The highest BCUT2D eigenvalue weighted by atomic mass is 17.3. The highest BCUT2D eigenvalue weighted by molar-refractivity contribution is 5.79. The van der Waals surface area contributed by atoms with E-state index in [1.165, 1.54) is 0 Å². The zero-order valence-corrected chi connectivity index (χ0v) is 10.0. The van der Waals surface area contributed by atoms with E-state index < -0.39 is 47.7 Å². The predicted octanol–water partition coefficient (Wildman–Crippen LogP) is -0.0230. The molecule has 0 N–H and O–H groups in total. The molecule has 0 aromatic heterocycles. The van der Waals surface area contributed by atoms with Crippen molar-refractivity contribution < 1.29 is 72.0 Å². The third kappa shape index (κ3) is 4.57. The molecule has 17 heteroatoms. The summed E-state index contributed by atoms with van der Waals surface area (Å²) < 4.78 is 11.1. The summed E-state index contributed by atoms with van der Waals surface area (Å²) in [5, 5.41) is -0.920. The fourth-order valence-corrected chi connectivity index (χ4v) is 0.793. The van der Waals surface area contributed by atoms with Crippen LogP contribution in [0.5, 0.6) is 0 Å². The van der Waals surface area contributed by atoms with Crippen LogP contribution in [0.15, 0.2) is 0 Å². The van der Waals surface area contributed by atoms with Crippen LogP contribution in [0.25, 0.3) is 0 Å². The second-order valence-corrected chi connectivity index (χ2v) is 2.80. The van der Waals surface area contributed by atoms with Crippen molar-refractivity contribution in [3.63, 3.8) is 0 Å². The maximum atomic E-state index is 11.0. The van der Waals surface area contributed by atoms with E-state index in [1.807, 2.05) is 0 Å². The molecule has 124 valence electrons. The molecule has 0 unspecified atom stereocenters. The van der Waals surface area contributed by atoms with Gasteiger partial charge in [0.2, 0.25) is 0 Å². The molecule has 2 heterocycles. The van der Waals surface area contributed by atoms with Crippen LogP contribution in [-0.2, 0) is 43.2 Å². The number of hydrogen-bond donors (Lipinski definition) is 0. The Hall–Kier alpha value is -3.86. The molecule has 0 amide bonds. The van der Waals surface area contributed by atoms with Gasteiger partial charge in [-0.05, 0) is 0 Å². The lowest BCUT2D eigenvalue weighted by Crippen LogP contribution is -2.41. The predicted molar refractivity (Wildman–Crippen MR) is 45.8 cm³/mol. The molecule has 2 fully saturated rings. The van der Waals surface area contributed by atoms with Gasteiger partial charge < -0.3 is 14.2 Å². The first-order chi connectivity index (χ1) is 10.8. The standard InChI is InChI=1S/C6N2O15/c9-1-15-2(10)19-7(18-1)22-5(13)17-6(14)23-8-20-3(11)16-4(12)21-8. The van der Waals surface area contributed by atoms with E-state index >= 15 is 0 Å². The summed E-state index contributed by atoms with van der Waals surface area (Å²) >= 11 is 0. The second kappa shape index (κ2) is 6.28. The smallest absolute Gasteiger partial charge is 0.325 e. The highest BCUT2D eigenvalue weighted by Gasteiger charge is 2.36. The van der Waals surface area contributed by atoms with Crippen molar-refractivity contribution in [3.8, 4) is 0 Å². The minimum atomic E-state index is -1.96. The van der Waals surface area contributed by atoms with E-state index in [4.69, 9.17) is 0 Å². The zero-order valence-electron chi connectivity index (χ0n) is 10.0. The maximum Gasteiger partial charge on any atom is 0.543 e. The summed E-state index contributed by atoms with van der Waals surface area (Å²) in [5.41, 5.74) is 0. The summed E-state index contributed by atoms with van der Waals surface area (Å²) in [7, 11) is 0. The Morgan fingerprint density at radius 1 is 0.652 bits per heavy atom. The highest BCUT2D eigenvalue weighted by Crippen LogP contribution is 2.10. The lowest BCUT2D eigenvalue weighted by molar-refractivity contribution is -0.480. The molecule has 0 radical (unpaired) electrons. The molecule has 0 bridgehead atoms. The van der Waals surface area contributed by atoms with Crippen LogP contribution in [0.4, 0.5) is 28.8 Å². The molecule has 0 aromatic rings. The SMILES string of the molecule is O=C1OC(=O)ON(OC(=O)OC(=O)ON2OC(=O)OC(=O)O2)O1. The molecular formula is C6N2O15. The van der Waals surface area contributed by atoms with Crippen molar-refractivity contribution in [2.75, 3.05) is 0 Å². The molecule has 2 saturated heterocycles. The second-order valence-electron chi connectivity index (χ2n) is 2.80. The van der Waals surface area contributed by atoms with E-state index in [0.717, 1.165) is 0 Å². The van der Waals surface area contributed by atoms with Gasteiger partial charge in [0.1, 0.15) is 0 Å². The molecule has 2 aliphatic heterocycles. The third-order valence-electron chi connectivity index (χ3n) is 1.39. The Bertz CT molecular complexity index is 501. The molecule has 0 spiro atoms. The van der Waals surface area contributed by atoms with Crippen LogP contribution < -0.4 is 0 Å². The van der Waals surface area contributed by atoms with Crippen LogP contribution >= 0.6 is 0 Å². The molecule has 2 rings (SSSR count). The van der Waals surface area contributed by atoms with Crippen molar-refractivity contribution in [2.24, 2.45) is 0 Å². The summed E-state index contributed by atoms with van der Waals surface area (Å²) in [6.45, 7) is 0. The van der Waals surface area contributed by atoms with Gasteiger partial charge >= 0.3 is 36.9 Å². The van der Waals surface area contributed by atoms with E-state index in [0.29, 0.717) is 0 Å². The summed E-state index contributed by atoms with van der Waals surface area (Å²) in [6.07, 6.45) is -10.4. The van der Waals surface area contributed by atoms with Crippen molar-refractivity contribution in [1.82, 2.24) is 10.8 Å². The van der Waals surface area contributed by atoms with E-state index in [2.05, 4.69) is 43.2 Å². The zero-order chi connectivity index (χ0) is 17.0. The molecule has 17 nitrogen and oxygen atoms in total. The molecule has 0 saturated carbocycles. The lowest BCUT2D eigenvalue weighted by atomic mass is 11.2. The van der Waals surface area contributed by atoms with Crippen LogP contribution in [0, 0.1) is 0 Å². The first kappa shape index (κ1) is 15.5. The number of rotatable bonds is 2. The Morgan fingerprint density at radius 3 is 1.26 bits per heavy atom. The lowest BCUT2D eigenvalue weighted by Gasteiger charge is -2.19. The van der Waals surface area contributed by atoms with Gasteiger partial charge in [-0.25, -0.2) is 28.8 Å². The van der Waals surface area contributed by atoms with E-state index in [9.17, 15) is 28.8 Å². The molecule has 23 heavy (non-hydrogen) atoms. The van der Waals surface area contributed by atoms with Crippen LogP contribution in [0.2, 0.25) is 0 Å². The van der Waals surface area contributed by atoms with Crippen LogP contribution in [0.1, 0.15) is 0 Å². The van der Waals surface area contributed by atoms with Crippen LogP contribution in [-0.4, -0.2) is 47.7 Å². The molecule has 0 aliphatic carbocycles. The minimum absolute atomic E-state index is 0.460. The Balaban J connectivity index is 1.77. The number of nitrogens with zero attached hydrogens (tertiary/aromatic N) is 2. The Morgan fingerprint density at radius 2 is 0.957 bits per heavy atom. The van der Waals surface area contributed by atoms with Crippen molar-refractivity contribution in [2.45, 2.75) is 0 Å². The van der Waals surface area contributed by atoms with E-state index in [-0.39, 0.29) is 0 Å². The third-order valence-corrected chi connectivity index (χ3v) is 1.39. The fourth-order valence-electron chi connectivity index (χ4n) is 0.793. The number of hydrogen-bond acceptors (Lipinski definition) is 17. The van der Waals surface area contributed by atoms with Gasteiger partial charge in [-0.15, -0.1) is 0 Å². The molecular weight excluding hydrogens is 340 g/mol. The van der Waals surface area contributed by atoms with Gasteiger partial charge in [0.25, 0.3) is 10.8 Å². The number of cyclic esters (lactones) is 4. The number of carbonyl (C=O) groups excluding carboxylic acids is 6. The van der Waals surface area contributed by atoms with Gasteiger partial charge in [0.05, 0.1) is 0 Å². The Kier molecular flexibility index (Phi) is 4.24. The molecule has 2 aliphatic rings. The largest absolute Gasteiger partial charge is 0.543 e. The van der Waals surface area contributed by atoms with Gasteiger partial charge in [-0.3, -0.25) is 29.0 Å². The van der Waals surface area contributed by atoms with Gasteiger partial charge in [0.15, 0.2) is 0 Å². The monoisotopic (exact) mass is 340 g/mol. The quantitative estimate of drug-likeness (QED) is 0.369. The molecule has 0 atom stereocenters. The minimum Gasteiger partial charge on any atom is -0.325 e. The van der Waals surface area contributed by atoms with Gasteiger partial charge in [-0.2, -0.15) is 0 Å². The average Bonchev–Trinajstić information content (AvgIpc) is 2.34. The normalized spacial score (nSPS) is 18.3. The summed E-state index contributed by atoms with van der Waals surface area (Å²) in [5.74, 6) is 0. The van der Waals surface area contributed by atoms with E-state index in [1.54, 1.807) is 0 Å². The van der Waals surface area contributed by atoms with Crippen molar-refractivity contribution >= 4 is 36.9 Å². The fraction of sp³-hybridized carbons (Fsp3) is 0. The average molecular weight is 340 g/mol. The number of carbonyl (C=O) groups is 6. The van der Waals surface area contributed by atoms with Crippen LogP contribution in [0.3, 0.4) is 0 Å². The summed E-state index contributed by atoms with van der Waals surface area (Å²) in [4.78, 5) is 87.7. The first-order valence-corrected chi connectivity index (χ1v) is 4.77. The van der Waals surface area contributed by atoms with Gasteiger partial charge in [0, 0.05) is 0 Å². The van der Waals surface area contributed by atoms with Crippen molar-refractivity contribution in [1.29, 1.82) is 0 Å². The Labute approximate surface area is 121 Å². The number of ether oxygens (including phenoxy) is 3. The first-order valence-electron chi connectivity index (χ1n) is 4.77. The maximum absolute atomic E-state index is 11.0. The molecule has 0 aromatic carbocycles.